The van der Waals surface area contributed by atoms with E-state index in [-0.39, 0.29) is 23.3 Å². The van der Waals surface area contributed by atoms with Crippen LogP contribution in [0.4, 0.5) is 5.69 Å². The average molecular weight is 359 g/mol. The van der Waals surface area contributed by atoms with E-state index in [0.29, 0.717) is 0 Å². The van der Waals surface area contributed by atoms with Crippen LogP contribution in [-0.4, -0.2) is 34.9 Å². The number of likely N-dealkylation sites (tertiary alicyclic amines) is 1. The number of benzene rings is 1. The number of carbonyl (C=O) groups is 1. The summed E-state index contributed by atoms with van der Waals surface area (Å²) < 4.78 is 0. The minimum Gasteiger partial charge on any atom is -0.347 e. The number of nitro groups is 1. The first-order valence-electron chi connectivity index (χ1n) is 8.39. The minimum atomic E-state index is -0.517. The van der Waals surface area contributed by atoms with Crippen LogP contribution in [0, 0.1) is 10.1 Å². The average Bonchev–Trinajstić information content (AvgIpc) is 3.29. The SMILES string of the molecule is C[C@@H](NC(=O)c1ccccc1[N+](=O)[O-])[C@@H](c1cccs1)N1CCCC1. The molecule has 2 heterocycles. The zero-order valence-corrected chi connectivity index (χ0v) is 14.9. The highest BCUT2D eigenvalue weighted by Gasteiger charge is 2.31. The predicted octanol–water partition coefficient (Wildman–Crippen LogP) is 3.61. The number of thiophene rings is 1. The molecule has 2 atom stereocenters. The van der Waals surface area contributed by atoms with Crippen LogP contribution in [0.2, 0.25) is 0 Å². The van der Waals surface area contributed by atoms with Crippen molar-refractivity contribution in [3.05, 3.63) is 62.3 Å². The van der Waals surface area contributed by atoms with Gasteiger partial charge in [-0.15, -0.1) is 11.3 Å². The summed E-state index contributed by atoms with van der Waals surface area (Å²) in [6.07, 6.45) is 2.32. The molecule has 1 saturated heterocycles. The lowest BCUT2D eigenvalue weighted by molar-refractivity contribution is -0.385. The van der Waals surface area contributed by atoms with Crippen molar-refractivity contribution in [3.63, 3.8) is 0 Å². The summed E-state index contributed by atoms with van der Waals surface area (Å²) in [7, 11) is 0. The quantitative estimate of drug-likeness (QED) is 0.631. The molecule has 7 heteroatoms. The van der Waals surface area contributed by atoms with Crippen LogP contribution in [0.1, 0.15) is 41.0 Å². The number of amides is 1. The van der Waals surface area contributed by atoms with Crippen molar-refractivity contribution in [2.45, 2.75) is 31.8 Å². The van der Waals surface area contributed by atoms with Crippen LogP contribution in [0.15, 0.2) is 41.8 Å². The van der Waals surface area contributed by atoms with Crippen LogP contribution in [0.5, 0.6) is 0 Å². The van der Waals surface area contributed by atoms with Gasteiger partial charge >= 0.3 is 0 Å². The first-order chi connectivity index (χ1) is 12.1. The summed E-state index contributed by atoms with van der Waals surface area (Å²) in [4.78, 5) is 26.9. The fraction of sp³-hybridized carbons (Fsp3) is 0.389. The van der Waals surface area contributed by atoms with Crippen LogP contribution < -0.4 is 5.32 Å². The number of nitrogens with one attached hydrogen (secondary N) is 1. The van der Waals surface area contributed by atoms with Crippen molar-refractivity contribution in [2.24, 2.45) is 0 Å². The molecule has 25 heavy (non-hydrogen) atoms. The first-order valence-corrected chi connectivity index (χ1v) is 9.27. The molecule has 1 fully saturated rings. The van der Waals surface area contributed by atoms with Crippen molar-refractivity contribution < 1.29 is 9.72 Å². The fourth-order valence-corrected chi connectivity index (χ4v) is 4.37. The van der Waals surface area contributed by atoms with Crippen LogP contribution >= 0.6 is 11.3 Å². The molecule has 1 aliphatic rings. The largest absolute Gasteiger partial charge is 0.347 e. The van der Waals surface area contributed by atoms with Gasteiger partial charge in [-0.2, -0.15) is 0 Å². The van der Waals surface area contributed by atoms with E-state index in [1.54, 1.807) is 23.5 Å². The number of nitrogens with zero attached hydrogens (tertiary/aromatic N) is 2. The third-order valence-corrected chi connectivity index (χ3v) is 5.49. The second-order valence-corrected chi connectivity index (χ2v) is 7.22. The number of hydrogen-bond acceptors (Lipinski definition) is 5. The van der Waals surface area contributed by atoms with Gasteiger partial charge in [0, 0.05) is 17.0 Å². The van der Waals surface area contributed by atoms with Gasteiger partial charge in [0.1, 0.15) is 5.56 Å². The number of hydrogen-bond donors (Lipinski definition) is 1. The molecule has 1 aromatic heterocycles. The van der Waals surface area contributed by atoms with Crippen LogP contribution in [-0.2, 0) is 0 Å². The lowest BCUT2D eigenvalue weighted by atomic mass is 10.1. The molecule has 1 N–H and O–H groups in total. The van der Waals surface area contributed by atoms with Gasteiger partial charge in [-0.1, -0.05) is 18.2 Å². The van der Waals surface area contributed by atoms with Crippen molar-refractivity contribution in [1.82, 2.24) is 10.2 Å². The molecule has 3 rings (SSSR count). The second kappa shape index (κ2) is 7.76. The molecule has 0 radical (unpaired) electrons. The standard InChI is InChI=1S/C18H21N3O3S/c1-13(17(16-9-6-12-25-16)20-10-4-5-11-20)19-18(22)14-7-2-3-8-15(14)21(23)24/h2-3,6-9,12-13,17H,4-5,10-11H2,1H3,(H,19,22)/t13-,17+/m1/s1. The van der Waals surface area contributed by atoms with Gasteiger partial charge in [0.25, 0.3) is 11.6 Å². The lowest BCUT2D eigenvalue weighted by Gasteiger charge is -2.32. The Morgan fingerprint density at radius 1 is 1.24 bits per heavy atom. The zero-order valence-electron chi connectivity index (χ0n) is 14.1. The molecule has 1 amide bonds. The summed E-state index contributed by atoms with van der Waals surface area (Å²) in [5, 5.41) is 16.2. The summed E-state index contributed by atoms with van der Waals surface area (Å²) in [6, 6.07) is 10.1. The van der Waals surface area contributed by atoms with E-state index in [2.05, 4.69) is 16.3 Å². The van der Waals surface area contributed by atoms with E-state index in [1.807, 2.05) is 18.4 Å². The molecule has 0 aliphatic carbocycles. The number of carbonyl (C=O) groups excluding carboxylic acids is 1. The maximum atomic E-state index is 12.6. The maximum Gasteiger partial charge on any atom is 0.282 e. The third kappa shape index (κ3) is 3.88. The topological polar surface area (TPSA) is 75.5 Å². The van der Waals surface area contributed by atoms with E-state index < -0.39 is 10.8 Å². The van der Waals surface area contributed by atoms with E-state index >= 15 is 0 Å². The Morgan fingerprint density at radius 2 is 1.96 bits per heavy atom. The van der Waals surface area contributed by atoms with Gasteiger partial charge in [0.05, 0.1) is 11.0 Å². The Hall–Kier alpha value is -2.25. The van der Waals surface area contributed by atoms with Crippen LogP contribution in [0.3, 0.4) is 0 Å². The van der Waals surface area contributed by atoms with Crippen molar-refractivity contribution in [2.75, 3.05) is 13.1 Å². The summed E-state index contributed by atoms with van der Waals surface area (Å²) in [5.74, 6) is -0.402. The third-order valence-electron chi connectivity index (χ3n) is 4.55. The number of rotatable bonds is 6. The zero-order chi connectivity index (χ0) is 17.8. The Bertz CT molecular complexity index is 742. The van der Waals surface area contributed by atoms with Gasteiger partial charge < -0.3 is 5.32 Å². The van der Waals surface area contributed by atoms with Gasteiger partial charge in [0.15, 0.2) is 0 Å². The lowest BCUT2D eigenvalue weighted by Crippen LogP contribution is -2.43. The first kappa shape index (κ1) is 17.6. The van der Waals surface area contributed by atoms with Gasteiger partial charge in [-0.25, -0.2) is 0 Å². The Labute approximate surface area is 150 Å². The van der Waals surface area contributed by atoms with Crippen molar-refractivity contribution >= 4 is 22.9 Å². The van der Waals surface area contributed by atoms with E-state index in [1.165, 1.54) is 17.0 Å². The van der Waals surface area contributed by atoms with Crippen molar-refractivity contribution in [3.8, 4) is 0 Å². The highest BCUT2D eigenvalue weighted by Crippen LogP contribution is 2.31. The summed E-state index contributed by atoms with van der Waals surface area (Å²) in [6.45, 7) is 3.98. The molecule has 6 nitrogen and oxygen atoms in total. The molecule has 0 spiro atoms. The van der Waals surface area contributed by atoms with Gasteiger partial charge in [0.2, 0.25) is 0 Å². The van der Waals surface area contributed by atoms with Crippen molar-refractivity contribution in [1.29, 1.82) is 0 Å². The molecule has 1 aliphatic heterocycles. The predicted molar refractivity (Wildman–Crippen MR) is 97.9 cm³/mol. The highest BCUT2D eigenvalue weighted by molar-refractivity contribution is 7.10. The molecule has 0 bridgehead atoms. The molecule has 132 valence electrons. The normalized spacial score (nSPS) is 17.2. The number of para-hydroxylation sites is 1. The summed E-state index contributed by atoms with van der Waals surface area (Å²) >= 11 is 1.68. The molecule has 0 unspecified atom stereocenters. The number of nitro benzene ring substituents is 1. The van der Waals surface area contributed by atoms with Gasteiger partial charge in [-0.3, -0.25) is 19.8 Å². The van der Waals surface area contributed by atoms with E-state index in [4.69, 9.17) is 0 Å². The maximum absolute atomic E-state index is 12.6. The van der Waals surface area contributed by atoms with E-state index in [9.17, 15) is 14.9 Å². The fourth-order valence-electron chi connectivity index (χ4n) is 3.41. The van der Waals surface area contributed by atoms with E-state index in [0.717, 1.165) is 25.9 Å². The highest BCUT2D eigenvalue weighted by atomic mass is 32.1. The minimum absolute atomic E-state index is 0.0919. The Kier molecular flexibility index (Phi) is 5.45. The molecule has 0 saturated carbocycles. The van der Waals surface area contributed by atoms with Crippen LogP contribution in [0.25, 0.3) is 0 Å². The molecule has 1 aromatic carbocycles. The molecule has 2 aromatic rings. The summed E-state index contributed by atoms with van der Waals surface area (Å²) in [5.41, 5.74) is -0.0632. The Morgan fingerprint density at radius 3 is 2.60 bits per heavy atom. The monoisotopic (exact) mass is 359 g/mol. The molecular formula is C18H21N3O3S. The molecular weight excluding hydrogens is 338 g/mol. The van der Waals surface area contributed by atoms with Gasteiger partial charge in [-0.05, 0) is 50.4 Å². The second-order valence-electron chi connectivity index (χ2n) is 6.24. The Balaban J connectivity index is 1.80. The smallest absolute Gasteiger partial charge is 0.282 e.